The Labute approximate surface area is 112 Å². The lowest BCUT2D eigenvalue weighted by molar-refractivity contribution is 0.542. The molecule has 1 aromatic rings. The first-order valence-corrected chi connectivity index (χ1v) is 8.39. The highest BCUT2D eigenvalue weighted by molar-refractivity contribution is 7.91. The Morgan fingerprint density at radius 3 is 3.00 bits per heavy atom. The molecule has 2 heterocycles. The fourth-order valence-electron chi connectivity index (χ4n) is 2.09. The van der Waals surface area contributed by atoms with Gasteiger partial charge < -0.3 is 5.32 Å². The van der Waals surface area contributed by atoms with Gasteiger partial charge in [0, 0.05) is 24.9 Å². The number of nitrogens with one attached hydrogen (secondary N) is 1. The molecule has 1 aromatic heterocycles. The molecular formula is C12H19N3O3S. The standard InChI is InChI=1S/C12H19N3O3S/c1-2-19(17,18)8-4-7-15-12(16)9-11-10(14-15)5-3-6-13-11/h9,13H,2-8H2,1H3. The van der Waals surface area contributed by atoms with Gasteiger partial charge in [-0.3, -0.25) is 4.79 Å². The molecule has 0 spiro atoms. The highest BCUT2D eigenvalue weighted by Crippen LogP contribution is 2.16. The maximum Gasteiger partial charge on any atom is 0.268 e. The van der Waals surface area contributed by atoms with Gasteiger partial charge in [0.2, 0.25) is 0 Å². The summed E-state index contributed by atoms with van der Waals surface area (Å²) in [6.07, 6.45) is 2.29. The molecule has 0 atom stereocenters. The van der Waals surface area contributed by atoms with E-state index in [4.69, 9.17) is 0 Å². The lowest BCUT2D eigenvalue weighted by Gasteiger charge is -2.17. The Hall–Kier alpha value is -1.37. The van der Waals surface area contributed by atoms with Gasteiger partial charge in [0.15, 0.2) is 0 Å². The first-order valence-electron chi connectivity index (χ1n) is 6.57. The van der Waals surface area contributed by atoms with Gasteiger partial charge in [0.25, 0.3) is 5.56 Å². The number of aromatic nitrogens is 2. The molecule has 1 aliphatic rings. The Bertz CT molecular complexity index is 607. The predicted octanol–water partition coefficient (Wildman–Crippen LogP) is 0.426. The highest BCUT2D eigenvalue weighted by atomic mass is 32.2. The lowest BCUT2D eigenvalue weighted by Crippen LogP contribution is -2.28. The monoisotopic (exact) mass is 285 g/mol. The summed E-state index contributed by atoms with van der Waals surface area (Å²) < 4.78 is 24.2. The number of hydrogen-bond acceptors (Lipinski definition) is 5. The number of sulfone groups is 1. The van der Waals surface area contributed by atoms with Gasteiger partial charge >= 0.3 is 0 Å². The molecule has 0 amide bonds. The van der Waals surface area contributed by atoms with Crippen molar-refractivity contribution in [3.63, 3.8) is 0 Å². The second kappa shape index (κ2) is 5.73. The van der Waals surface area contributed by atoms with Crippen LogP contribution < -0.4 is 10.9 Å². The van der Waals surface area contributed by atoms with E-state index in [1.54, 1.807) is 13.0 Å². The zero-order chi connectivity index (χ0) is 13.9. The number of hydrogen-bond donors (Lipinski definition) is 1. The van der Waals surface area contributed by atoms with Crippen LogP contribution in [0.4, 0.5) is 5.69 Å². The van der Waals surface area contributed by atoms with Gasteiger partial charge in [-0.1, -0.05) is 6.92 Å². The van der Waals surface area contributed by atoms with Crippen LogP contribution in [0.15, 0.2) is 10.9 Å². The molecule has 6 nitrogen and oxygen atoms in total. The molecule has 1 aliphatic heterocycles. The van der Waals surface area contributed by atoms with Crippen LogP contribution in [-0.4, -0.2) is 36.2 Å². The van der Waals surface area contributed by atoms with Crippen molar-refractivity contribution in [2.75, 3.05) is 23.4 Å². The molecule has 0 bridgehead atoms. The summed E-state index contributed by atoms with van der Waals surface area (Å²) in [5.74, 6) is 0.246. The minimum absolute atomic E-state index is 0.104. The second-order valence-corrected chi connectivity index (χ2v) is 7.16. The van der Waals surface area contributed by atoms with Crippen molar-refractivity contribution in [1.82, 2.24) is 9.78 Å². The molecule has 1 N–H and O–H groups in total. The van der Waals surface area contributed by atoms with Crippen LogP contribution in [0.1, 0.15) is 25.5 Å². The zero-order valence-corrected chi connectivity index (χ0v) is 11.9. The number of rotatable bonds is 5. The van der Waals surface area contributed by atoms with Crippen LogP contribution in [0, 0.1) is 0 Å². The van der Waals surface area contributed by atoms with Crippen molar-refractivity contribution in [1.29, 1.82) is 0 Å². The summed E-state index contributed by atoms with van der Waals surface area (Å²) in [6, 6.07) is 1.55. The fraction of sp³-hybridized carbons (Fsp3) is 0.667. The van der Waals surface area contributed by atoms with Crippen molar-refractivity contribution in [2.45, 2.75) is 32.7 Å². The molecular weight excluding hydrogens is 266 g/mol. The van der Waals surface area contributed by atoms with Crippen LogP contribution in [-0.2, 0) is 22.8 Å². The van der Waals surface area contributed by atoms with E-state index in [0.717, 1.165) is 30.8 Å². The minimum Gasteiger partial charge on any atom is -0.383 e. The third kappa shape index (κ3) is 3.56. The fourth-order valence-corrected chi connectivity index (χ4v) is 2.94. The van der Waals surface area contributed by atoms with Crippen molar-refractivity contribution in [3.8, 4) is 0 Å². The number of anilines is 1. The van der Waals surface area contributed by atoms with Crippen molar-refractivity contribution < 1.29 is 8.42 Å². The summed E-state index contributed by atoms with van der Waals surface area (Å²) in [6.45, 7) is 2.85. The molecule has 0 unspecified atom stereocenters. The molecule has 7 heteroatoms. The Balaban J connectivity index is 2.07. The number of aryl methyl sites for hydroxylation is 2. The van der Waals surface area contributed by atoms with Crippen molar-refractivity contribution in [2.24, 2.45) is 0 Å². The SMILES string of the molecule is CCS(=O)(=O)CCCn1nc2c(cc1=O)NCCC2. The third-order valence-electron chi connectivity index (χ3n) is 3.25. The number of fused-ring (bicyclic) bond motifs is 1. The van der Waals surface area contributed by atoms with Crippen molar-refractivity contribution >= 4 is 15.5 Å². The summed E-state index contributed by atoms with van der Waals surface area (Å²) >= 11 is 0. The molecule has 0 radical (unpaired) electrons. The predicted molar refractivity (Wildman–Crippen MR) is 74.3 cm³/mol. The molecule has 2 rings (SSSR count). The van der Waals surface area contributed by atoms with E-state index in [1.807, 2.05) is 0 Å². The first-order chi connectivity index (χ1) is 9.02. The third-order valence-corrected chi connectivity index (χ3v) is 5.04. The van der Waals surface area contributed by atoms with Gasteiger partial charge in [-0.05, 0) is 19.3 Å². The topological polar surface area (TPSA) is 81.1 Å². The lowest BCUT2D eigenvalue weighted by atomic mass is 10.1. The Kier molecular flexibility index (Phi) is 4.24. The van der Waals surface area contributed by atoms with Crippen LogP contribution in [0.2, 0.25) is 0 Å². The smallest absolute Gasteiger partial charge is 0.268 e. The minimum atomic E-state index is -2.98. The summed E-state index contributed by atoms with van der Waals surface area (Å²) in [5.41, 5.74) is 1.53. The second-order valence-electron chi connectivity index (χ2n) is 4.69. The molecule has 0 saturated heterocycles. The largest absolute Gasteiger partial charge is 0.383 e. The summed E-state index contributed by atoms with van der Waals surface area (Å²) in [5, 5.41) is 7.45. The maximum absolute atomic E-state index is 11.8. The van der Waals surface area contributed by atoms with E-state index in [2.05, 4.69) is 10.4 Å². The van der Waals surface area contributed by atoms with E-state index in [0.29, 0.717) is 13.0 Å². The van der Waals surface area contributed by atoms with E-state index < -0.39 is 9.84 Å². The quantitative estimate of drug-likeness (QED) is 0.848. The molecule has 19 heavy (non-hydrogen) atoms. The van der Waals surface area contributed by atoms with E-state index in [1.165, 1.54) is 4.68 Å². The molecule has 0 aliphatic carbocycles. The van der Waals surface area contributed by atoms with E-state index in [-0.39, 0.29) is 17.1 Å². The van der Waals surface area contributed by atoms with E-state index in [9.17, 15) is 13.2 Å². The summed E-state index contributed by atoms with van der Waals surface area (Å²) in [7, 11) is -2.98. The van der Waals surface area contributed by atoms with Crippen LogP contribution >= 0.6 is 0 Å². The van der Waals surface area contributed by atoms with Gasteiger partial charge in [-0.25, -0.2) is 13.1 Å². The van der Waals surface area contributed by atoms with Crippen molar-refractivity contribution in [3.05, 3.63) is 22.1 Å². The first kappa shape index (κ1) is 14.0. The Morgan fingerprint density at radius 2 is 2.26 bits per heavy atom. The van der Waals surface area contributed by atoms with Crippen LogP contribution in [0.5, 0.6) is 0 Å². The maximum atomic E-state index is 11.8. The van der Waals surface area contributed by atoms with Gasteiger partial charge in [0.1, 0.15) is 9.84 Å². The average molecular weight is 285 g/mol. The number of nitrogens with zero attached hydrogens (tertiary/aromatic N) is 2. The normalized spacial score (nSPS) is 14.8. The molecule has 106 valence electrons. The van der Waals surface area contributed by atoms with Crippen LogP contribution in [0.25, 0.3) is 0 Å². The molecule has 0 aromatic carbocycles. The summed E-state index contributed by atoms with van der Waals surface area (Å²) in [4.78, 5) is 11.8. The van der Waals surface area contributed by atoms with Crippen LogP contribution in [0.3, 0.4) is 0 Å². The van der Waals surface area contributed by atoms with Gasteiger partial charge in [0.05, 0.1) is 17.1 Å². The Morgan fingerprint density at radius 1 is 1.47 bits per heavy atom. The highest BCUT2D eigenvalue weighted by Gasteiger charge is 2.13. The molecule has 0 saturated carbocycles. The van der Waals surface area contributed by atoms with E-state index >= 15 is 0 Å². The van der Waals surface area contributed by atoms with Gasteiger partial charge in [-0.2, -0.15) is 5.10 Å². The average Bonchev–Trinajstić information content (AvgIpc) is 2.39. The molecule has 0 fully saturated rings. The van der Waals surface area contributed by atoms with Gasteiger partial charge in [-0.15, -0.1) is 0 Å². The zero-order valence-electron chi connectivity index (χ0n) is 11.1.